The number of hydrogen-bond donors (Lipinski definition) is 2. The van der Waals surface area contributed by atoms with E-state index >= 15 is 0 Å². The van der Waals surface area contributed by atoms with Crippen LogP contribution >= 0.6 is 0 Å². The van der Waals surface area contributed by atoms with E-state index in [1.54, 1.807) is 4.57 Å². The minimum atomic E-state index is -3.94. The van der Waals surface area contributed by atoms with Crippen LogP contribution in [0.2, 0.25) is 0 Å². The van der Waals surface area contributed by atoms with E-state index in [4.69, 9.17) is 0 Å². The molecule has 2 aromatic carbocycles. The van der Waals surface area contributed by atoms with Crippen molar-refractivity contribution in [3.8, 4) is 0 Å². The Morgan fingerprint density at radius 1 is 0.927 bits per heavy atom. The van der Waals surface area contributed by atoms with Crippen molar-refractivity contribution in [2.24, 2.45) is 11.3 Å². The third-order valence-electron chi connectivity index (χ3n) is 11.3. The molecule has 3 aromatic rings. The molecule has 5 amide bonds. The zero-order chi connectivity index (χ0) is 39.4. The molecule has 2 saturated heterocycles. The van der Waals surface area contributed by atoms with E-state index in [1.165, 1.54) is 14.7 Å². The summed E-state index contributed by atoms with van der Waals surface area (Å²) in [6, 6.07) is 12.3. The van der Waals surface area contributed by atoms with Gasteiger partial charge in [0.1, 0.15) is 17.9 Å². The minimum absolute atomic E-state index is 0.00754. The van der Waals surface area contributed by atoms with Gasteiger partial charge in [0.15, 0.2) is 0 Å². The molecule has 15 heteroatoms. The summed E-state index contributed by atoms with van der Waals surface area (Å²) >= 11 is 0. The molecule has 2 aliphatic heterocycles. The summed E-state index contributed by atoms with van der Waals surface area (Å²) < 4.78 is 43.3. The number of hydrogen-bond acceptors (Lipinski definition) is 7. The number of carbonyl (C=O) groups is 5. The average molecular weight is 777 g/mol. The largest absolute Gasteiger partial charge is 0.340 e. The number of likely N-dealkylation sites (tertiary alicyclic amines) is 2. The van der Waals surface area contributed by atoms with Crippen LogP contribution in [0.5, 0.6) is 0 Å². The lowest BCUT2D eigenvalue weighted by Gasteiger charge is -2.37. The summed E-state index contributed by atoms with van der Waals surface area (Å²) in [6.45, 7) is 9.61. The van der Waals surface area contributed by atoms with Crippen LogP contribution in [0.3, 0.4) is 0 Å². The molecule has 2 N–H and O–H groups in total. The number of halogens is 1. The van der Waals surface area contributed by atoms with E-state index in [0.717, 1.165) is 10.8 Å². The predicted octanol–water partition coefficient (Wildman–Crippen LogP) is 4.45. The summed E-state index contributed by atoms with van der Waals surface area (Å²) in [5, 5.41) is 4.16. The molecule has 3 heterocycles. The number of amides is 5. The first-order valence-electron chi connectivity index (χ1n) is 19.1. The lowest BCUT2D eigenvalue weighted by Crippen LogP contribution is -2.53. The number of piperidine rings is 1. The van der Waals surface area contributed by atoms with Crippen LogP contribution in [0.15, 0.2) is 60.8 Å². The van der Waals surface area contributed by atoms with Crippen molar-refractivity contribution in [2.75, 3.05) is 19.6 Å². The number of para-hydroxylation sites is 2. The van der Waals surface area contributed by atoms with Crippen molar-refractivity contribution in [1.82, 2.24) is 29.3 Å². The summed E-state index contributed by atoms with van der Waals surface area (Å²) in [6.07, 6.45) is 1.51. The topological polar surface area (TPSA) is 158 Å². The lowest BCUT2D eigenvalue weighted by atomic mass is 9.77. The molecule has 1 unspecified atom stereocenters. The van der Waals surface area contributed by atoms with Crippen molar-refractivity contribution in [2.45, 2.75) is 102 Å². The second-order valence-electron chi connectivity index (χ2n) is 16.5. The molecule has 1 aromatic heterocycles. The fourth-order valence-corrected chi connectivity index (χ4v) is 9.30. The third kappa shape index (κ3) is 7.85. The van der Waals surface area contributed by atoms with Crippen LogP contribution in [0.1, 0.15) is 72.1 Å². The minimum Gasteiger partial charge on any atom is -0.340 e. The fraction of sp³-hybridized carbons (Fsp3) is 0.525. The van der Waals surface area contributed by atoms with Gasteiger partial charge in [-0.05, 0) is 62.5 Å². The van der Waals surface area contributed by atoms with Gasteiger partial charge >= 0.3 is 6.03 Å². The van der Waals surface area contributed by atoms with Gasteiger partial charge < -0.3 is 20.0 Å². The molecule has 2 saturated carbocycles. The lowest BCUT2D eigenvalue weighted by molar-refractivity contribution is -0.150. The molecule has 7 rings (SSSR count). The number of fused-ring (bicyclic) bond motifs is 3. The van der Waals surface area contributed by atoms with Gasteiger partial charge in [-0.15, -0.1) is 0 Å². The van der Waals surface area contributed by atoms with E-state index in [-0.39, 0.29) is 37.5 Å². The molecular formula is C40H49FN6O7S. The van der Waals surface area contributed by atoms with Crippen LogP contribution in [0.4, 0.5) is 9.18 Å². The van der Waals surface area contributed by atoms with Gasteiger partial charge in [0.25, 0.3) is 5.91 Å². The molecule has 4 atom stereocenters. The Hall–Kier alpha value is -4.79. The first-order chi connectivity index (χ1) is 26.0. The summed E-state index contributed by atoms with van der Waals surface area (Å²) in [5.74, 6) is -3.38. The molecule has 294 valence electrons. The van der Waals surface area contributed by atoms with Crippen molar-refractivity contribution in [1.29, 1.82) is 0 Å². The van der Waals surface area contributed by atoms with Crippen LogP contribution in [-0.4, -0.2) is 107 Å². The highest BCUT2D eigenvalue weighted by Crippen LogP contribution is 2.37. The Kier molecular flexibility index (Phi) is 10.3. The number of nitrogens with one attached hydrogen (secondary N) is 2. The maximum atomic E-state index is 14.8. The average Bonchev–Trinajstić information content (AvgIpc) is 4.08. The standard InChI is InChI=1S/C40H49FN6O7S/c1-24(36(49)43-55(53,54)28-17-18-28)46(27-15-16-27)38(51)34-20-26(42-39(52)47-32-13-7-5-11-29(32)30-12-6-8-14-33(30)47)23-45(34)37(50)31(40(2,3)4)21-35(48)44-19-9-10-25(41)22-44/h5-8,11-14,25-28,31,34H,1,9-10,15-23H2,2-4H3,(H,42,52)(H,43,49)/t25?,26-,31-,34+/m1/s1. The van der Waals surface area contributed by atoms with Crippen LogP contribution < -0.4 is 10.0 Å². The number of alkyl halides is 1. The molecule has 0 spiro atoms. The van der Waals surface area contributed by atoms with Gasteiger partial charge in [0.2, 0.25) is 27.7 Å². The van der Waals surface area contributed by atoms with E-state index in [9.17, 15) is 36.8 Å². The van der Waals surface area contributed by atoms with Crippen LogP contribution in [-0.2, 0) is 29.2 Å². The summed E-state index contributed by atoms with van der Waals surface area (Å²) in [5.41, 5.74) is 0.271. The van der Waals surface area contributed by atoms with E-state index in [0.29, 0.717) is 56.1 Å². The molecular weight excluding hydrogens is 728 g/mol. The van der Waals surface area contributed by atoms with Gasteiger partial charge in [-0.25, -0.2) is 22.3 Å². The second-order valence-corrected chi connectivity index (χ2v) is 18.5. The van der Waals surface area contributed by atoms with Gasteiger partial charge in [-0.2, -0.15) is 0 Å². The number of aromatic nitrogens is 1. The zero-order valence-electron chi connectivity index (χ0n) is 31.5. The highest BCUT2D eigenvalue weighted by molar-refractivity contribution is 7.91. The molecule has 4 fully saturated rings. The van der Waals surface area contributed by atoms with Crippen molar-refractivity contribution in [3.63, 3.8) is 0 Å². The van der Waals surface area contributed by atoms with E-state index in [2.05, 4.69) is 16.6 Å². The van der Waals surface area contributed by atoms with Crippen molar-refractivity contribution in [3.05, 3.63) is 60.8 Å². The van der Waals surface area contributed by atoms with Crippen molar-refractivity contribution < 1.29 is 36.8 Å². The number of rotatable bonds is 10. The summed E-state index contributed by atoms with van der Waals surface area (Å²) in [4.78, 5) is 74.6. The first kappa shape index (κ1) is 38.5. The number of carbonyl (C=O) groups excluding carboxylic acids is 5. The summed E-state index contributed by atoms with van der Waals surface area (Å²) in [7, 11) is -3.94. The Morgan fingerprint density at radius 2 is 1.55 bits per heavy atom. The smallest absolute Gasteiger partial charge is 0.326 e. The monoisotopic (exact) mass is 776 g/mol. The van der Waals surface area contributed by atoms with Crippen LogP contribution in [0.25, 0.3) is 21.8 Å². The Labute approximate surface area is 320 Å². The maximum absolute atomic E-state index is 14.8. The van der Waals surface area contributed by atoms with Gasteiger partial charge in [0.05, 0.1) is 34.8 Å². The second kappa shape index (κ2) is 14.7. The zero-order valence-corrected chi connectivity index (χ0v) is 32.3. The number of sulfonamides is 1. The van der Waals surface area contributed by atoms with E-state index < -0.39 is 74.7 Å². The molecule has 0 bridgehead atoms. The quantitative estimate of drug-likeness (QED) is 0.288. The number of benzene rings is 2. The molecule has 13 nitrogen and oxygen atoms in total. The SMILES string of the molecule is C=C(C(=O)NS(=O)(=O)C1CC1)N(C(=O)[C@@H]1C[C@@H](NC(=O)n2c3ccccc3c3ccccc32)CN1C(=O)[C@@H](CC(=O)N1CCCC(F)C1)C(C)(C)C)C1CC1. The highest BCUT2D eigenvalue weighted by atomic mass is 32.2. The molecule has 4 aliphatic rings. The van der Waals surface area contributed by atoms with Gasteiger partial charge in [0, 0.05) is 36.3 Å². The first-order valence-corrected chi connectivity index (χ1v) is 20.7. The Morgan fingerprint density at radius 3 is 2.11 bits per heavy atom. The highest BCUT2D eigenvalue weighted by Gasteiger charge is 2.50. The third-order valence-corrected chi connectivity index (χ3v) is 13.1. The maximum Gasteiger partial charge on any atom is 0.326 e. The van der Waals surface area contributed by atoms with Crippen molar-refractivity contribution >= 4 is 61.5 Å². The Bertz CT molecular complexity index is 2120. The molecule has 0 radical (unpaired) electrons. The van der Waals surface area contributed by atoms with Gasteiger partial charge in [-0.1, -0.05) is 63.7 Å². The Balaban J connectivity index is 1.19. The normalized spacial score (nSPS) is 22.4. The fourth-order valence-electron chi connectivity index (χ4n) is 8.00. The number of nitrogens with zero attached hydrogens (tertiary/aromatic N) is 4. The van der Waals surface area contributed by atoms with Crippen LogP contribution in [0, 0.1) is 11.3 Å². The van der Waals surface area contributed by atoms with E-state index in [1.807, 2.05) is 69.3 Å². The van der Waals surface area contributed by atoms with Gasteiger partial charge in [-0.3, -0.25) is 23.7 Å². The molecule has 55 heavy (non-hydrogen) atoms. The molecule has 2 aliphatic carbocycles. The predicted molar refractivity (Wildman–Crippen MR) is 205 cm³/mol.